The number of benzene rings is 2. The number of nitrogens with one attached hydrogen (secondary N) is 1. The molecule has 196 valence electrons. The first-order valence-electron chi connectivity index (χ1n) is 10.2. The molecule has 1 heterocycles. The molecule has 2 aromatic rings. The minimum atomic E-state index is -5.84. The second-order valence-corrected chi connectivity index (χ2v) is 8.09. The molecule has 1 aliphatic heterocycles. The van der Waals surface area contributed by atoms with Gasteiger partial charge in [0, 0.05) is 12.5 Å². The fourth-order valence-electron chi connectivity index (χ4n) is 4.06. The number of anilines is 1. The molecule has 1 saturated heterocycles. The fourth-order valence-corrected chi connectivity index (χ4v) is 4.06. The standard InChI is InChI=1S/C22H16F10N2O2/c1-9-4-6-10(7-5-9)11-3-2-8-34(20(36)22(30,31)32)18(11)19(35)33-17-15(25)13(23)12(21(27,28)29)14(24)16(17)26/h4-7,11,18H,2-3,8H2,1H3,(H,33,35)/t11-,18+/m1/s1. The van der Waals surface area contributed by atoms with Gasteiger partial charge in [0.1, 0.15) is 17.3 Å². The largest absolute Gasteiger partial charge is 0.471 e. The summed E-state index contributed by atoms with van der Waals surface area (Å²) in [5.74, 6) is -16.3. The van der Waals surface area contributed by atoms with Gasteiger partial charge in [-0.2, -0.15) is 26.3 Å². The SMILES string of the molecule is Cc1ccc([C@H]2CCCN(C(=O)C(F)(F)F)[C@@H]2C(=O)Nc2c(F)c(F)c(C(F)(F)F)c(F)c2F)cc1. The number of hydrogen-bond acceptors (Lipinski definition) is 2. The van der Waals surface area contributed by atoms with Crippen LogP contribution >= 0.6 is 0 Å². The van der Waals surface area contributed by atoms with E-state index in [0.29, 0.717) is 0 Å². The molecule has 0 saturated carbocycles. The van der Waals surface area contributed by atoms with Crippen LogP contribution in [0.15, 0.2) is 24.3 Å². The van der Waals surface area contributed by atoms with Crippen LogP contribution in [0.2, 0.25) is 0 Å². The summed E-state index contributed by atoms with van der Waals surface area (Å²) in [4.78, 5) is 25.1. The van der Waals surface area contributed by atoms with Crippen LogP contribution in [0.3, 0.4) is 0 Å². The summed E-state index contributed by atoms with van der Waals surface area (Å²) < 4.78 is 135. The molecule has 0 spiro atoms. The highest BCUT2D eigenvalue weighted by molar-refractivity contribution is 5.99. The number of halogens is 10. The second-order valence-electron chi connectivity index (χ2n) is 8.09. The van der Waals surface area contributed by atoms with Gasteiger partial charge in [-0.15, -0.1) is 0 Å². The van der Waals surface area contributed by atoms with Crippen molar-refractivity contribution in [3.8, 4) is 0 Å². The van der Waals surface area contributed by atoms with Crippen molar-refractivity contribution in [2.75, 3.05) is 11.9 Å². The lowest BCUT2D eigenvalue weighted by atomic mass is 9.82. The molecule has 1 aliphatic rings. The molecule has 4 nitrogen and oxygen atoms in total. The van der Waals surface area contributed by atoms with E-state index in [2.05, 4.69) is 0 Å². The van der Waals surface area contributed by atoms with Crippen LogP contribution in [0.5, 0.6) is 0 Å². The molecule has 0 radical (unpaired) electrons. The lowest BCUT2D eigenvalue weighted by Gasteiger charge is -2.40. The van der Waals surface area contributed by atoms with Crippen LogP contribution in [-0.2, 0) is 15.8 Å². The molecule has 1 N–H and O–H groups in total. The monoisotopic (exact) mass is 530 g/mol. The van der Waals surface area contributed by atoms with E-state index in [1.54, 1.807) is 19.1 Å². The molecule has 0 unspecified atom stereocenters. The lowest BCUT2D eigenvalue weighted by molar-refractivity contribution is -0.189. The van der Waals surface area contributed by atoms with E-state index in [0.717, 1.165) is 5.56 Å². The van der Waals surface area contributed by atoms with Crippen molar-refractivity contribution in [2.24, 2.45) is 0 Å². The fraction of sp³-hybridized carbons (Fsp3) is 0.364. The number of likely N-dealkylation sites (tertiary alicyclic amines) is 1. The Bertz CT molecular complexity index is 1150. The number of alkyl halides is 6. The van der Waals surface area contributed by atoms with Gasteiger partial charge in [0.25, 0.3) is 0 Å². The third kappa shape index (κ3) is 5.12. The molecule has 2 aromatic carbocycles. The molecule has 3 rings (SSSR count). The van der Waals surface area contributed by atoms with Crippen LogP contribution < -0.4 is 5.32 Å². The minimum Gasteiger partial charge on any atom is -0.322 e. The maximum atomic E-state index is 14.3. The number of hydrogen-bond donors (Lipinski definition) is 1. The Morgan fingerprint density at radius 3 is 1.89 bits per heavy atom. The van der Waals surface area contributed by atoms with Gasteiger partial charge in [-0.05, 0) is 25.3 Å². The number of amides is 2. The Kier molecular flexibility index (Phi) is 7.29. The van der Waals surface area contributed by atoms with Crippen LogP contribution in [0, 0.1) is 30.2 Å². The van der Waals surface area contributed by atoms with Gasteiger partial charge in [0.05, 0.1) is 0 Å². The molecule has 0 bridgehead atoms. The summed E-state index contributed by atoms with van der Waals surface area (Å²) in [6.45, 7) is 1.09. The maximum absolute atomic E-state index is 14.3. The zero-order valence-electron chi connectivity index (χ0n) is 18.1. The Labute approximate surface area is 196 Å². The average Bonchev–Trinajstić information content (AvgIpc) is 2.78. The van der Waals surface area contributed by atoms with Crippen LogP contribution in [-0.4, -0.2) is 35.5 Å². The summed E-state index contributed by atoms with van der Waals surface area (Å²) in [6.07, 6.45) is -11.3. The average molecular weight is 530 g/mol. The minimum absolute atomic E-state index is 0.00357. The number of carbonyl (C=O) groups excluding carboxylic acids is 2. The van der Waals surface area contributed by atoms with Gasteiger partial charge in [-0.3, -0.25) is 9.59 Å². The Balaban J connectivity index is 2.10. The molecular formula is C22H16F10N2O2. The Morgan fingerprint density at radius 1 is 0.889 bits per heavy atom. The molecule has 2 atom stereocenters. The molecule has 0 aliphatic carbocycles. The third-order valence-electron chi connectivity index (χ3n) is 5.70. The number of rotatable bonds is 3. The summed E-state index contributed by atoms with van der Waals surface area (Å²) in [7, 11) is 0. The van der Waals surface area contributed by atoms with Crippen molar-refractivity contribution < 1.29 is 53.5 Å². The van der Waals surface area contributed by atoms with Crippen molar-refractivity contribution in [1.29, 1.82) is 0 Å². The molecular weight excluding hydrogens is 514 g/mol. The third-order valence-corrected chi connectivity index (χ3v) is 5.70. The number of carbonyl (C=O) groups is 2. The van der Waals surface area contributed by atoms with E-state index in [1.807, 2.05) is 0 Å². The van der Waals surface area contributed by atoms with E-state index in [9.17, 15) is 53.5 Å². The van der Waals surface area contributed by atoms with Gasteiger partial charge < -0.3 is 10.2 Å². The normalized spacial score (nSPS) is 18.8. The van der Waals surface area contributed by atoms with Gasteiger partial charge in [-0.1, -0.05) is 29.8 Å². The van der Waals surface area contributed by atoms with Crippen molar-refractivity contribution in [2.45, 2.75) is 44.1 Å². The number of piperidine rings is 1. The first-order valence-corrected chi connectivity index (χ1v) is 10.2. The van der Waals surface area contributed by atoms with Crippen LogP contribution in [0.1, 0.15) is 35.4 Å². The summed E-state index contributed by atoms with van der Waals surface area (Å²) in [6, 6.07) is 3.92. The Hall–Kier alpha value is -3.32. The second kappa shape index (κ2) is 9.62. The summed E-state index contributed by atoms with van der Waals surface area (Å²) >= 11 is 0. The molecule has 36 heavy (non-hydrogen) atoms. The molecule has 1 fully saturated rings. The number of nitrogens with zero attached hydrogens (tertiary/aromatic N) is 1. The molecule has 2 amide bonds. The van der Waals surface area contributed by atoms with E-state index in [4.69, 9.17) is 0 Å². The van der Waals surface area contributed by atoms with Crippen molar-refractivity contribution >= 4 is 17.5 Å². The van der Waals surface area contributed by atoms with E-state index in [1.165, 1.54) is 17.4 Å². The van der Waals surface area contributed by atoms with Crippen molar-refractivity contribution in [1.82, 2.24) is 4.90 Å². The first-order chi connectivity index (χ1) is 16.6. The van der Waals surface area contributed by atoms with Crippen LogP contribution in [0.4, 0.5) is 49.6 Å². The van der Waals surface area contributed by atoms with E-state index in [-0.39, 0.29) is 23.3 Å². The predicted molar refractivity (Wildman–Crippen MR) is 105 cm³/mol. The van der Waals surface area contributed by atoms with Crippen LogP contribution in [0.25, 0.3) is 0 Å². The maximum Gasteiger partial charge on any atom is 0.471 e. The highest BCUT2D eigenvalue weighted by Crippen LogP contribution is 2.40. The highest BCUT2D eigenvalue weighted by atomic mass is 19.4. The summed E-state index contributed by atoms with van der Waals surface area (Å²) in [5, 5.41) is 1.36. The van der Waals surface area contributed by atoms with E-state index >= 15 is 0 Å². The van der Waals surface area contributed by atoms with Crippen molar-refractivity contribution in [3.63, 3.8) is 0 Å². The first kappa shape index (κ1) is 27.3. The summed E-state index contributed by atoms with van der Waals surface area (Å²) in [5.41, 5.74) is -3.86. The molecule has 0 aromatic heterocycles. The zero-order valence-corrected chi connectivity index (χ0v) is 18.1. The van der Waals surface area contributed by atoms with Gasteiger partial charge in [0.15, 0.2) is 23.3 Å². The zero-order chi connectivity index (χ0) is 27.2. The predicted octanol–water partition coefficient (Wildman–Crippen LogP) is 5.85. The highest BCUT2D eigenvalue weighted by Gasteiger charge is 2.50. The molecule has 14 heteroatoms. The lowest BCUT2D eigenvalue weighted by Crippen LogP contribution is -2.56. The van der Waals surface area contributed by atoms with Gasteiger partial charge in [0.2, 0.25) is 5.91 Å². The Morgan fingerprint density at radius 2 is 1.42 bits per heavy atom. The smallest absolute Gasteiger partial charge is 0.322 e. The quantitative estimate of drug-likeness (QED) is 0.400. The van der Waals surface area contributed by atoms with Crippen molar-refractivity contribution in [3.05, 3.63) is 64.2 Å². The van der Waals surface area contributed by atoms with Gasteiger partial charge >= 0.3 is 18.3 Å². The van der Waals surface area contributed by atoms with Gasteiger partial charge in [-0.25, -0.2) is 17.6 Å². The number of aryl methyl sites for hydroxylation is 1. The van der Waals surface area contributed by atoms with E-state index < -0.39 is 77.2 Å². The topological polar surface area (TPSA) is 49.4 Å².